The number of carbonyl (C=O) groups excluding carboxylic acids is 8. The average Bonchev–Trinajstić information content (AvgIpc) is 2.98. The molecule has 33 heteroatoms. The number of aliphatic hydroxyl groups is 9. The predicted octanol–water partition coefficient (Wildman–Crippen LogP) is -7.35. The third-order valence-electron chi connectivity index (χ3n) is 13.5. The second-order valence-electron chi connectivity index (χ2n) is 20.7. The molecule has 33 nitrogen and oxygen atoms in total. The van der Waals surface area contributed by atoms with E-state index in [2.05, 4.69) is 31.9 Å². The van der Waals surface area contributed by atoms with Crippen molar-refractivity contribution in [3.05, 3.63) is 0 Å². The van der Waals surface area contributed by atoms with Crippen molar-refractivity contribution in [2.75, 3.05) is 99.7 Å². The van der Waals surface area contributed by atoms with E-state index in [1.54, 1.807) is 0 Å². The van der Waals surface area contributed by atoms with E-state index in [9.17, 15) is 84.3 Å². The Balaban J connectivity index is 1.68. The van der Waals surface area contributed by atoms with Crippen molar-refractivity contribution in [2.24, 2.45) is 0 Å². The monoisotopic (exact) mass is 1230 g/mol. The van der Waals surface area contributed by atoms with Crippen LogP contribution in [0.25, 0.3) is 0 Å². The first-order valence-corrected chi connectivity index (χ1v) is 28.1. The van der Waals surface area contributed by atoms with E-state index in [1.807, 2.05) is 0 Å². The number of aliphatic hydroxyl groups excluding tert-OH is 9. The number of rotatable bonds is 42. The molecule has 0 spiro atoms. The number of methoxy groups -OCH3 is 1. The van der Waals surface area contributed by atoms with Crippen molar-refractivity contribution in [1.82, 2.24) is 31.9 Å². The topological polar surface area (TPSA) is 483 Å². The second-order valence-corrected chi connectivity index (χ2v) is 20.7. The molecule has 15 N–H and O–H groups in total. The molecule has 0 radical (unpaired) electrons. The zero-order valence-corrected chi connectivity index (χ0v) is 48.5. The highest BCUT2D eigenvalue weighted by molar-refractivity contribution is 5.80. The summed E-state index contributed by atoms with van der Waals surface area (Å²) >= 11 is 0. The van der Waals surface area contributed by atoms with Gasteiger partial charge in [0.25, 0.3) is 0 Å². The minimum absolute atomic E-state index is 0.0251. The van der Waals surface area contributed by atoms with Gasteiger partial charge in [0.2, 0.25) is 35.4 Å². The Morgan fingerprint density at radius 1 is 0.435 bits per heavy atom. The van der Waals surface area contributed by atoms with Gasteiger partial charge in [-0.3, -0.25) is 38.4 Å². The highest BCUT2D eigenvalue weighted by atomic mass is 16.7. The summed E-state index contributed by atoms with van der Waals surface area (Å²) in [6.45, 7) is -0.599. The summed E-state index contributed by atoms with van der Waals surface area (Å²) in [5.41, 5.74) is -1.55. The van der Waals surface area contributed by atoms with Crippen molar-refractivity contribution in [1.29, 1.82) is 0 Å². The smallest absolute Gasteiger partial charge is 0.222 e. The van der Waals surface area contributed by atoms with E-state index in [4.69, 9.17) is 47.4 Å². The van der Waals surface area contributed by atoms with Crippen LogP contribution in [0.5, 0.6) is 0 Å². The summed E-state index contributed by atoms with van der Waals surface area (Å²) in [4.78, 5) is 100. The van der Waals surface area contributed by atoms with E-state index in [0.29, 0.717) is 0 Å². The first kappa shape index (κ1) is 74.7. The van der Waals surface area contributed by atoms with Crippen molar-refractivity contribution < 1.29 is 132 Å². The molecule has 3 rings (SSSR count). The average molecular weight is 1230 g/mol. The van der Waals surface area contributed by atoms with E-state index >= 15 is 0 Å². The summed E-state index contributed by atoms with van der Waals surface area (Å²) in [5.74, 6) is -3.68. The van der Waals surface area contributed by atoms with Crippen LogP contribution >= 0.6 is 0 Å². The summed E-state index contributed by atoms with van der Waals surface area (Å²) in [7, 11) is 1.39. The fourth-order valence-electron chi connectivity index (χ4n) is 9.06. The van der Waals surface area contributed by atoms with Crippen LogP contribution in [0.15, 0.2) is 0 Å². The molecule has 6 amide bonds. The highest BCUT2D eigenvalue weighted by Crippen LogP contribution is 2.25. The maximum Gasteiger partial charge on any atom is 0.222 e. The number of nitrogens with one attached hydrogen (secondary N) is 6. The molecule has 0 aromatic heterocycles. The largest absolute Gasteiger partial charge is 0.394 e. The Kier molecular flexibility index (Phi) is 35.2. The van der Waals surface area contributed by atoms with Gasteiger partial charge in [-0.25, -0.2) is 0 Å². The number of hydrogen-bond acceptors (Lipinski definition) is 27. The van der Waals surface area contributed by atoms with Crippen LogP contribution in [0.4, 0.5) is 0 Å². The number of carbonyl (C=O) groups is 8. The zero-order chi connectivity index (χ0) is 63.1. The van der Waals surface area contributed by atoms with Gasteiger partial charge in [0.1, 0.15) is 96.9 Å². The molecule has 0 bridgehead atoms. The standard InChI is InChI=1S/C52H90N6O27/c1-29(62)55-40-46(73)43(70)34(22-59)83-49(40)80-16-6-8-32(65)12-18-77-25-52(58-39(69)11-5-10-37(67)54-28-76-4,26-78-19-13-33(66)9-7-17-81-50-41(56-30(2)63)47(74)44(71)35(23-60)84-50)27-79-20-14-38(68)53-15-21-82-51-42(57-31(3)64)48(75)45(72)36(24-61)85-51/h34-36,40-51,59-61,70-75H,5-28H2,1-4H3,(H,53,68)(H,54,67)(H,55,62)(H,56,63)(H,57,64)(H,58,69). The molecule has 3 aliphatic heterocycles. The molecule has 0 aliphatic carbocycles. The van der Waals surface area contributed by atoms with Crippen LogP contribution in [0.2, 0.25) is 0 Å². The summed E-state index contributed by atoms with van der Waals surface area (Å²) < 4.78 is 56.5. The van der Waals surface area contributed by atoms with Gasteiger partial charge in [-0.2, -0.15) is 0 Å². The van der Waals surface area contributed by atoms with Gasteiger partial charge in [-0.05, 0) is 19.3 Å². The molecule has 15 unspecified atom stereocenters. The lowest BCUT2D eigenvalue weighted by atomic mass is 9.97. The van der Waals surface area contributed by atoms with Gasteiger partial charge in [-0.1, -0.05) is 0 Å². The second kappa shape index (κ2) is 40.0. The van der Waals surface area contributed by atoms with Crippen LogP contribution in [0.3, 0.4) is 0 Å². The summed E-state index contributed by atoms with van der Waals surface area (Å²) in [6, 6.07) is -3.57. The predicted molar refractivity (Wildman–Crippen MR) is 286 cm³/mol. The molecule has 15 atom stereocenters. The molecule has 3 heterocycles. The molecule has 0 aromatic carbocycles. The maximum atomic E-state index is 13.6. The van der Waals surface area contributed by atoms with Crippen molar-refractivity contribution in [2.45, 2.75) is 182 Å². The van der Waals surface area contributed by atoms with E-state index in [1.165, 1.54) is 27.9 Å². The Labute approximate surface area is 491 Å². The quantitative estimate of drug-likeness (QED) is 0.0199. The van der Waals surface area contributed by atoms with Gasteiger partial charge in [0.05, 0.1) is 79.3 Å². The molecule has 3 aliphatic rings. The molecule has 3 saturated heterocycles. The first-order chi connectivity index (χ1) is 40.5. The number of amides is 6. The van der Waals surface area contributed by atoms with Crippen LogP contribution in [-0.2, 0) is 85.7 Å². The Bertz CT molecular complexity index is 1860. The number of ketones is 2. The lowest BCUT2D eigenvalue weighted by Crippen LogP contribution is -2.64. The minimum atomic E-state index is -1.55. The number of hydrogen-bond donors (Lipinski definition) is 15. The van der Waals surface area contributed by atoms with Crippen LogP contribution < -0.4 is 31.9 Å². The molecular formula is C52H90N6O27. The first-order valence-electron chi connectivity index (χ1n) is 28.1. The van der Waals surface area contributed by atoms with Gasteiger partial charge < -0.3 is 125 Å². The third-order valence-corrected chi connectivity index (χ3v) is 13.5. The van der Waals surface area contributed by atoms with Gasteiger partial charge in [0.15, 0.2) is 18.9 Å². The third kappa shape index (κ3) is 26.7. The van der Waals surface area contributed by atoms with Crippen LogP contribution in [0, 0.1) is 0 Å². The van der Waals surface area contributed by atoms with Crippen molar-refractivity contribution in [3.63, 3.8) is 0 Å². The Morgan fingerprint density at radius 2 is 0.800 bits per heavy atom. The van der Waals surface area contributed by atoms with E-state index in [-0.39, 0.29) is 154 Å². The van der Waals surface area contributed by atoms with Gasteiger partial charge >= 0.3 is 0 Å². The van der Waals surface area contributed by atoms with Crippen LogP contribution in [0.1, 0.15) is 85.0 Å². The molecule has 0 aromatic rings. The van der Waals surface area contributed by atoms with Crippen molar-refractivity contribution in [3.8, 4) is 0 Å². The van der Waals surface area contributed by atoms with Gasteiger partial charge in [-0.15, -0.1) is 0 Å². The number of Topliss-reactive ketones (excluding diaryl/α,β-unsaturated/α-hetero) is 2. The molecule has 0 saturated carbocycles. The molecule has 3 fully saturated rings. The molecule has 490 valence electrons. The molecule has 85 heavy (non-hydrogen) atoms. The maximum absolute atomic E-state index is 13.6. The Morgan fingerprint density at radius 3 is 1.18 bits per heavy atom. The molecular weight excluding hydrogens is 1140 g/mol. The highest BCUT2D eigenvalue weighted by Gasteiger charge is 2.48. The fourth-order valence-corrected chi connectivity index (χ4v) is 9.06. The lowest BCUT2D eigenvalue weighted by molar-refractivity contribution is -0.270. The zero-order valence-electron chi connectivity index (χ0n) is 48.5. The summed E-state index contributed by atoms with van der Waals surface area (Å²) in [6.07, 6.45) is -17.0. The SMILES string of the molecule is COCNC(=O)CCCC(=O)NC(COCCC(=O)CCCOC1OC(CO)C(O)C(O)C1NC(C)=O)(COCCC(=O)CCCOC1OC(CO)C(O)C(O)C1NC(C)=O)COCCC(=O)NCCOC1OC(CO)C(O)C(O)C1NC(C)=O. The lowest BCUT2D eigenvalue weighted by Gasteiger charge is -2.42. The van der Waals surface area contributed by atoms with Crippen molar-refractivity contribution >= 4 is 47.0 Å². The Hall–Kier alpha value is -4.60. The van der Waals surface area contributed by atoms with E-state index in [0.717, 1.165) is 0 Å². The van der Waals surface area contributed by atoms with Gasteiger partial charge in [0, 0.05) is 79.4 Å². The number of ether oxygens (including phenoxy) is 10. The minimum Gasteiger partial charge on any atom is -0.394 e. The normalized spacial score (nSPS) is 28.3. The van der Waals surface area contributed by atoms with Crippen LogP contribution in [-0.4, -0.2) is 290 Å². The van der Waals surface area contributed by atoms with E-state index < -0.39 is 147 Å². The summed E-state index contributed by atoms with van der Waals surface area (Å²) in [5, 5.41) is 107. The fraction of sp³-hybridized carbons (Fsp3) is 0.846.